The van der Waals surface area contributed by atoms with Gasteiger partial charge < -0.3 is 14.9 Å². The highest BCUT2D eigenvalue weighted by atomic mass is 16.5. The van der Waals surface area contributed by atoms with E-state index in [0.717, 1.165) is 57.8 Å². The number of carbonyl (C=O) groups excluding carboxylic acids is 1. The second-order valence-electron chi connectivity index (χ2n) is 14.7. The number of ether oxygens (including phenoxy) is 1. The van der Waals surface area contributed by atoms with Crippen LogP contribution in [0.3, 0.4) is 0 Å². The first-order valence-corrected chi connectivity index (χ1v) is 13.7. The molecule has 4 nitrogen and oxygen atoms in total. The fourth-order valence-corrected chi connectivity index (χ4v) is 10.4. The third-order valence-electron chi connectivity index (χ3n) is 12.6. The first-order valence-electron chi connectivity index (χ1n) is 13.7. The Bertz CT molecular complexity index is 828. The molecule has 0 bridgehead atoms. The Hall–Kier alpha value is -0.450. The summed E-state index contributed by atoms with van der Waals surface area (Å²) >= 11 is 0. The van der Waals surface area contributed by atoms with Gasteiger partial charge in [-0.1, -0.05) is 34.6 Å². The molecule has 9 atom stereocenters. The summed E-state index contributed by atoms with van der Waals surface area (Å²) in [5.74, 6) is 1.86. The van der Waals surface area contributed by atoms with E-state index in [1.807, 2.05) is 13.8 Å². The van der Waals surface area contributed by atoms with Gasteiger partial charge in [-0.2, -0.15) is 0 Å². The molecule has 5 rings (SSSR count). The zero-order valence-electron chi connectivity index (χ0n) is 22.2. The minimum Gasteiger partial charge on any atom is -0.388 e. The number of carbonyl (C=O) groups is 1. The van der Waals surface area contributed by atoms with Crippen molar-refractivity contribution in [3.05, 3.63) is 0 Å². The van der Waals surface area contributed by atoms with Crippen LogP contribution in [0.4, 0.5) is 0 Å². The first-order chi connectivity index (χ1) is 15.1. The summed E-state index contributed by atoms with van der Waals surface area (Å²) in [5.41, 5.74) is -1.37. The van der Waals surface area contributed by atoms with Gasteiger partial charge in [-0.25, -0.2) is 0 Å². The third-order valence-corrected chi connectivity index (χ3v) is 12.6. The van der Waals surface area contributed by atoms with Gasteiger partial charge in [-0.05, 0) is 106 Å². The van der Waals surface area contributed by atoms with Gasteiger partial charge in [0.1, 0.15) is 5.78 Å². The van der Waals surface area contributed by atoms with Gasteiger partial charge in [0.2, 0.25) is 0 Å². The van der Waals surface area contributed by atoms with Crippen molar-refractivity contribution in [2.75, 3.05) is 0 Å². The van der Waals surface area contributed by atoms with Gasteiger partial charge in [-0.3, -0.25) is 4.79 Å². The topological polar surface area (TPSA) is 66.8 Å². The molecule has 0 aromatic heterocycles. The number of hydrogen-bond acceptors (Lipinski definition) is 4. The van der Waals surface area contributed by atoms with E-state index < -0.39 is 11.2 Å². The highest BCUT2D eigenvalue weighted by molar-refractivity contribution is 5.85. The number of fused-ring (bicyclic) bond motifs is 7. The molecule has 0 aromatic rings. The SMILES string of the molecule is CC(C)(O)[C@@H]1CC[C@@]2(O)CC[C@]3(C)[C@H](CC[C@@H]4[C@@]5(C)CCC(=O)C(C)(C)[C@H]5CC[C@]43C)[C@H]2O1. The van der Waals surface area contributed by atoms with Crippen LogP contribution in [0, 0.1) is 39.4 Å². The summed E-state index contributed by atoms with van der Waals surface area (Å²) in [5, 5.41) is 22.4. The highest BCUT2D eigenvalue weighted by Crippen LogP contribution is 2.74. The van der Waals surface area contributed by atoms with E-state index in [-0.39, 0.29) is 33.9 Å². The average Bonchev–Trinajstić information content (AvgIpc) is 2.71. The molecule has 0 spiro atoms. The molecule has 5 aliphatic rings. The molecule has 0 radical (unpaired) electrons. The molecule has 0 amide bonds. The number of rotatable bonds is 1. The van der Waals surface area contributed by atoms with Crippen molar-refractivity contribution in [1.82, 2.24) is 0 Å². The van der Waals surface area contributed by atoms with Crippen LogP contribution in [0.2, 0.25) is 0 Å². The molecule has 0 unspecified atom stereocenters. The van der Waals surface area contributed by atoms with Crippen molar-refractivity contribution >= 4 is 5.78 Å². The van der Waals surface area contributed by atoms with Gasteiger partial charge in [0.15, 0.2) is 0 Å². The van der Waals surface area contributed by atoms with Crippen molar-refractivity contribution in [1.29, 1.82) is 0 Å². The average molecular weight is 461 g/mol. The number of hydrogen-bond donors (Lipinski definition) is 2. The molecule has 188 valence electrons. The van der Waals surface area contributed by atoms with E-state index in [2.05, 4.69) is 34.6 Å². The van der Waals surface area contributed by atoms with Gasteiger partial charge in [0.05, 0.1) is 23.4 Å². The summed E-state index contributed by atoms with van der Waals surface area (Å²) in [6, 6.07) is 0. The molecule has 0 aromatic carbocycles. The van der Waals surface area contributed by atoms with Gasteiger partial charge in [0.25, 0.3) is 0 Å². The molecule has 1 aliphatic heterocycles. The molecule has 4 heteroatoms. The molecule has 4 aliphatic carbocycles. The van der Waals surface area contributed by atoms with Crippen LogP contribution in [0.15, 0.2) is 0 Å². The molecule has 4 saturated carbocycles. The molecule has 2 N–H and O–H groups in total. The Labute approximate surface area is 201 Å². The zero-order chi connectivity index (χ0) is 24.2. The quantitative estimate of drug-likeness (QED) is 0.529. The normalized spacial score (nSPS) is 54.0. The molecule has 5 fully saturated rings. The van der Waals surface area contributed by atoms with E-state index >= 15 is 0 Å². The molecule has 1 heterocycles. The van der Waals surface area contributed by atoms with Gasteiger partial charge in [0, 0.05) is 11.8 Å². The minimum absolute atomic E-state index is 0.105. The Morgan fingerprint density at radius 3 is 2.21 bits per heavy atom. The highest BCUT2D eigenvalue weighted by Gasteiger charge is 2.70. The summed E-state index contributed by atoms with van der Waals surface area (Å²) in [7, 11) is 0. The number of aliphatic hydroxyl groups is 2. The van der Waals surface area contributed by atoms with E-state index in [9.17, 15) is 15.0 Å². The Balaban J connectivity index is 1.50. The standard InChI is InChI=1S/C29H48O4/c1-24(2)19-10-14-28(7)20(26(19,5)13-11-21(24)30)9-8-18-23-29(32,17-16-27(18,28)6)15-12-22(33-23)25(3,4)31/h18-20,22-23,31-32H,8-17H2,1-7H3/t18-,19-,20-,22+,23-,26+,27-,28-,29-/m1/s1. The smallest absolute Gasteiger partial charge is 0.138 e. The van der Waals surface area contributed by atoms with Crippen molar-refractivity contribution in [3.63, 3.8) is 0 Å². The lowest BCUT2D eigenvalue weighted by Gasteiger charge is -2.72. The molecular weight excluding hydrogens is 412 g/mol. The Morgan fingerprint density at radius 2 is 1.55 bits per heavy atom. The fraction of sp³-hybridized carbons (Fsp3) is 0.966. The van der Waals surface area contributed by atoms with Crippen LogP contribution in [0.1, 0.15) is 113 Å². The molecular formula is C29H48O4. The number of Topliss-reactive ketones (excluding diaryl/α,β-unsaturated/α-hetero) is 1. The summed E-state index contributed by atoms with van der Waals surface area (Å²) in [4.78, 5) is 12.9. The van der Waals surface area contributed by atoms with Crippen molar-refractivity contribution < 1.29 is 19.7 Å². The van der Waals surface area contributed by atoms with Crippen molar-refractivity contribution in [2.45, 2.75) is 136 Å². The van der Waals surface area contributed by atoms with Crippen LogP contribution in [-0.2, 0) is 9.53 Å². The monoisotopic (exact) mass is 460 g/mol. The molecule has 1 saturated heterocycles. The van der Waals surface area contributed by atoms with Crippen LogP contribution in [0.25, 0.3) is 0 Å². The maximum Gasteiger partial charge on any atom is 0.138 e. The Morgan fingerprint density at radius 1 is 0.848 bits per heavy atom. The number of ketones is 1. The third kappa shape index (κ3) is 3.08. The minimum atomic E-state index is -0.887. The van der Waals surface area contributed by atoms with Crippen LogP contribution >= 0.6 is 0 Å². The van der Waals surface area contributed by atoms with E-state index in [0.29, 0.717) is 23.5 Å². The predicted molar refractivity (Wildman–Crippen MR) is 130 cm³/mol. The second-order valence-corrected chi connectivity index (χ2v) is 14.7. The van der Waals surface area contributed by atoms with Gasteiger partial charge >= 0.3 is 0 Å². The van der Waals surface area contributed by atoms with Crippen LogP contribution in [-0.4, -0.2) is 39.4 Å². The van der Waals surface area contributed by atoms with E-state index in [4.69, 9.17) is 4.74 Å². The summed E-state index contributed by atoms with van der Waals surface area (Å²) < 4.78 is 6.65. The lowest BCUT2D eigenvalue weighted by atomic mass is 9.33. The lowest BCUT2D eigenvalue weighted by Crippen LogP contribution is -2.70. The van der Waals surface area contributed by atoms with Crippen LogP contribution < -0.4 is 0 Å². The molecule has 33 heavy (non-hydrogen) atoms. The zero-order valence-corrected chi connectivity index (χ0v) is 22.2. The van der Waals surface area contributed by atoms with Crippen molar-refractivity contribution in [2.24, 2.45) is 39.4 Å². The summed E-state index contributed by atoms with van der Waals surface area (Å²) in [6.07, 6.45) is 9.22. The fourth-order valence-electron chi connectivity index (χ4n) is 10.4. The summed E-state index contributed by atoms with van der Waals surface area (Å²) in [6.45, 7) is 15.7. The van der Waals surface area contributed by atoms with E-state index in [1.165, 1.54) is 6.42 Å². The maximum atomic E-state index is 12.9. The maximum absolute atomic E-state index is 12.9. The lowest BCUT2D eigenvalue weighted by molar-refractivity contribution is -0.300. The largest absolute Gasteiger partial charge is 0.388 e. The second kappa shape index (κ2) is 7.07. The van der Waals surface area contributed by atoms with Crippen molar-refractivity contribution in [3.8, 4) is 0 Å². The predicted octanol–water partition coefficient (Wildman–Crippen LogP) is 5.67. The van der Waals surface area contributed by atoms with Gasteiger partial charge in [-0.15, -0.1) is 0 Å². The Kier molecular flexibility index (Phi) is 5.19. The van der Waals surface area contributed by atoms with Crippen LogP contribution in [0.5, 0.6) is 0 Å². The van der Waals surface area contributed by atoms with E-state index in [1.54, 1.807) is 0 Å². The first kappa shape index (κ1) is 24.3.